The molecule has 0 aliphatic carbocycles. The first-order chi connectivity index (χ1) is 19.4. The lowest BCUT2D eigenvalue weighted by Crippen LogP contribution is -2.31. The van der Waals surface area contributed by atoms with Crippen molar-refractivity contribution < 1.29 is 19.0 Å². The summed E-state index contributed by atoms with van der Waals surface area (Å²) in [5.74, 6) is 2.82. The second kappa shape index (κ2) is 13.0. The van der Waals surface area contributed by atoms with Crippen molar-refractivity contribution in [2.24, 2.45) is 11.8 Å². The zero-order valence-corrected chi connectivity index (χ0v) is 23.4. The van der Waals surface area contributed by atoms with Gasteiger partial charge in [0.15, 0.2) is 6.61 Å². The number of benzene rings is 3. The number of rotatable bonds is 9. The number of hydrogen-bond donors (Lipinski definition) is 1. The van der Waals surface area contributed by atoms with Crippen LogP contribution in [-0.4, -0.2) is 24.1 Å². The molecule has 1 fully saturated rings. The van der Waals surface area contributed by atoms with Gasteiger partial charge in [0.2, 0.25) is 0 Å². The van der Waals surface area contributed by atoms with Gasteiger partial charge in [-0.1, -0.05) is 49.7 Å². The maximum Gasteiger partial charge on any atom is 0.262 e. The van der Waals surface area contributed by atoms with Gasteiger partial charge >= 0.3 is 0 Å². The lowest BCUT2D eigenvalue weighted by molar-refractivity contribution is -0.118. The molecule has 7 heteroatoms. The van der Waals surface area contributed by atoms with Crippen molar-refractivity contribution in [2.75, 3.05) is 18.5 Å². The Bertz CT molecular complexity index is 1390. The van der Waals surface area contributed by atoms with E-state index in [2.05, 4.69) is 42.3 Å². The monoisotopic (exact) mass is 556 g/mol. The smallest absolute Gasteiger partial charge is 0.262 e. The van der Waals surface area contributed by atoms with Crippen molar-refractivity contribution in [2.45, 2.75) is 32.3 Å². The van der Waals surface area contributed by atoms with E-state index in [9.17, 15) is 4.79 Å². The number of aromatic nitrogens is 1. The topological polar surface area (TPSA) is 69.7 Å². The van der Waals surface area contributed by atoms with Crippen LogP contribution in [0.15, 0.2) is 97.3 Å². The summed E-state index contributed by atoms with van der Waals surface area (Å²) in [6.07, 6.45) is 4.33. The molecule has 3 atom stereocenters. The molecular formula is C33H33ClN2O4. The number of amides is 1. The summed E-state index contributed by atoms with van der Waals surface area (Å²) in [6.45, 7) is 5.03. The average molecular weight is 557 g/mol. The van der Waals surface area contributed by atoms with Gasteiger partial charge in [0.25, 0.3) is 5.91 Å². The van der Waals surface area contributed by atoms with Crippen molar-refractivity contribution in [1.82, 2.24) is 4.98 Å². The van der Waals surface area contributed by atoms with Crippen LogP contribution in [0.25, 0.3) is 0 Å². The second-order valence-electron chi connectivity index (χ2n) is 10.4. The maximum atomic E-state index is 12.6. The Morgan fingerprint density at radius 3 is 2.48 bits per heavy atom. The molecule has 40 heavy (non-hydrogen) atoms. The molecule has 0 radical (unpaired) electrons. The first-order valence-electron chi connectivity index (χ1n) is 13.5. The highest BCUT2D eigenvalue weighted by molar-refractivity contribution is 6.30. The largest absolute Gasteiger partial charge is 0.484 e. The summed E-state index contributed by atoms with van der Waals surface area (Å²) in [5, 5.41) is 3.61. The van der Waals surface area contributed by atoms with Gasteiger partial charge < -0.3 is 19.5 Å². The Hall–Kier alpha value is -3.87. The molecule has 4 aromatic rings. The van der Waals surface area contributed by atoms with E-state index >= 15 is 0 Å². The highest BCUT2D eigenvalue weighted by Crippen LogP contribution is 2.44. The van der Waals surface area contributed by atoms with E-state index in [1.165, 1.54) is 5.56 Å². The summed E-state index contributed by atoms with van der Waals surface area (Å²) in [6, 6.07) is 26.7. The Kier molecular flexibility index (Phi) is 8.99. The fraction of sp³-hybridized carbons (Fsp3) is 0.273. The molecule has 1 aliphatic heterocycles. The van der Waals surface area contributed by atoms with Gasteiger partial charge in [0, 0.05) is 22.8 Å². The van der Waals surface area contributed by atoms with E-state index in [-0.39, 0.29) is 18.6 Å². The van der Waals surface area contributed by atoms with Gasteiger partial charge in [-0.2, -0.15) is 0 Å². The Morgan fingerprint density at radius 2 is 1.75 bits per heavy atom. The number of ether oxygens (including phenoxy) is 3. The standard InChI is InChI=1S/C33H33ClN2O4/c1-22(2)31-18-25(23-8-10-26(34)11-9-23)20-39-33(31)24-5-3-6-29(17-24)38-21-32(37)36-27-12-14-28(15-13-27)40-30-7-4-16-35-19-30/h3-17,19,22,25,31,33H,18,20-21H2,1-2H3,(H,36,37)/t25-,31-,33-/m0/s1. The highest BCUT2D eigenvalue weighted by Gasteiger charge is 2.35. The second-order valence-corrected chi connectivity index (χ2v) is 10.8. The molecule has 2 heterocycles. The normalized spacial score (nSPS) is 18.8. The van der Waals surface area contributed by atoms with Crippen LogP contribution in [0.1, 0.15) is 43.4 Å². The first-order valence-corrected chi connectivity index (χ1v) is 13.9. The molecule has 1 amide bonds. The van der Waals surface area contributed by atoms with Crippen LogP contribution in [0.4, 0.5) is 5.69 Å². The Morgan fingerprint density at radius 1 is 0.975 bits per heavy atom. The molecule has 0 saturated carbocycles. The fourth-order valence-electron chi connectivity index (χ4n) is 5.07. The summed E-state index contributed by atoms with van der Waals surface area (Å²) < 4.78 is 18.1. The van der Waals surface area contributed by atoms with Crippen LogP contribution in [0.2, 0.25) is 5.02 Å². The van der Waals surface area contributed by atoms with E-state index in [0.29, 0.717) is 47.3 Å². The number of carbonyl (C=O) groups excluding carboxylic acids is 1. The van der Waals surface area contributed by atoms with E-state index in [4.69, 9.17) is 25.8 Å². The van der Waals surface area contributed by atoms with Crippen molar-refractivity contribution in [3.05, 3.63) is 113 Å². The number of hydrogen-bond acceptors (Lipinski definition) is 5. The molecule has 0 spiro atoms. The summed E-state index contributed by atoms with van der Waals surface area (Å²) in [7, 11) is 0. The maximum absolute atomic E-state index is 12.6. The zero-order chi connectivity index (χ0) is 27.9. The number of nitrogens with zero attached hydrogens (tertiary/aromatic N) is 1. The summed E-state index contributed by atoms with van der Waals surface area (Å²) in [5.41, 5.74) is 2.98. The van der Waals surface area contributed by atoms with Crippen molar-refractivity contribution in [1.29, 1.82) is 0 Å². The fourth-order valence-corrected chi connectivity index (χ4v) is 5.20. The minimum absolute atomic E-state index is 0.0340. The third-order valence-electron chi connectivity index (χ3n) is 7.18. The third kappa shape index (κ3) is 7.20. The van der Waals surface area contributed by atoms with Crippen LogP contribution in [0.5, 0.6) is 17.2 Å². The van der Waals surface area contributed by atoms with Gasteiger partial charge in [0.1, 0.15) is 17.2 Å². The van der Waals surface area contributed by atoms with Crippen LogP contribution in [0, 0.1) is 11.8 Å². The van der Waals surface area contributed by atoms with Crippen LogP contribution in [-0.2, 0) is 9.53 Å². The van der Waals surface area contributed by atoms with Crippen LogP contribution >= 0.6 is 11.6 Å². The number of carbonyl (C=O) groups is 1. The lowest BCUT2D eigenvalue weighted by atomic mass is 9.76. The van der Waals surface area contributed by atoms with E-state index in [1.807, 2.05) is 42.5 Å². The van der Waals surface area contributed by atoms with Crippen molar-refractivity contribution >= 4 is 23.2 Å². The van der Waals surface area contributed by atoms with Gasteiger partial charge in [0.05, 0.1) is 18.9 Å². The predicted octanol–water partition coefficient (Wildman–Crippen LogP) is 8.06. The minimum atomic E-state index is -0.244. The molecule has 1 aliphatic rings. The summed E-state index contributed by atoms with van der Waals surface area (Å²) in [4.78, 5) is 16.6. The molecule has 3 aromatic carbocycles. The third-order valence-corrected chi connectivity index (χ3v) is 7.44. The van der Waals surface area contributed by atoms with Gasteiger partial charge in [-0.25, -0.2) is 0 Å². The van der Waals surface area contributed by atoms with Gasteiger partial charge in [-0.05, 0) is 90.0 Å². The van der Waals surface area contributed by atoms with Crippen molar-refractivity contribution in [3.8, 4) is 17.2 Å². The molecule has 206 valence electrons. The molecule has 1 N–H and O–H groups in total. The minimum Gasteiger partial charge on any atom is -0.484 e. The molecule has 6 nitrogen and oxygen atoms in total. The molecule has 0 bridgehead atoms. The number of halogens is 1. The number of anilines is 1. The van der Waals surface area contributed by atoms with Gasteiger partial charge in [-0.15, -0.1) is 0 Å². The Balaban J connectivity index is 1.16. The SMILES string of the molecule is CC(C)[C@@H]1C[C@H](c2ccc(Cl)cc2)CO[C@H]1c1cccc(OCC(=O)Nc2ccc(Oc3cccnc3)cc2)c1. The predicted molar refractivity (Wildman–Crippen MR) is 157 cm³/mol. The lowest BCUT2D eigenvalue weighted by Gasteiger charge is -2.39. The van der Waals surface area contributed by atoms with Crippen LogP contribution in [0.3, 0.4) is 0 Å². The van der Waals surface area contributed by atoms with E-state index in [0.717, 1.165) is 17.0 Å². The number of pyridine rings is 1. The molecule has 1 saturated heterocycles. The molecule has 1 aromatic heterocycles. The number of nitrogens with one attached hydrogen (secondary N) is 1. The molecular weight excluding hydrogens is 524 g/mol. The Labute approximate surface area is 240 Å². The quantitative estimate of drug-likeness (QED) is 0.226. The van der Waals surface area contributed by atoms with Crippen molar-refractivity contribution in [3.63, 3.8) is 0 Å². The zero-order valence-electron chi connectivity index (χ0n) is 22.6. The molecule has 5 rings (SSSR count). The summed E-state index contributed by atoms with van der Waals surface area (Å²) >= 11 is 6.09. The van der Waals surface area contributed by atoms with E-state index < -0.39 is 0 Å². The van der Waals surface area contributed by atoms with Crippen LogP contribution < -0.4 is 14.8 Å². The van der Waals surface area contributed by atoms with E-state index in [1.54, 1.807) is 36.7 Å². The highest BCUT2D eigenvalue weighted by atomic mass is 35.5. The first kappa shape index (κ1) is 27.7. The average Bonchev–Trinajstić information content (AvgIpc) is 2.98. The van der Waals surface area contributed by atoms with Gasteiger partial charge in [-0.3, -0.25) is 9.78 Å². The molecule has 0 unspecified atom stereocenters.